The monoisotopic (exact) mass is 438 g/mol. The molecule has 0 fully saturated rings. The van der Waals surface area contributed by atoms with Gasteiger partial charge in [0.25, 0.3) is 5.91 Å². The van der Waals surface area contributed by atoms with Crippen molar-refractivity contribution in [3.63, 3.8) is 0 Å². The molecule has 2 amide bonds. The largest absolute Gasteiger partial charge is 0.457 e. The van der Waals surface area contributed by atoms with E-state index in [-0.39, 0.29) is 23.1 Å². The molecular formula is C23H22N2O5S. The van der Waals surface area contributed by atoms with Crippen molar-refractivity contribution in [1.82, 2.24) is 5.32 Å². The third kappa shape index (κ3) is 6.16. The Balaban J connectivity index is 1.48. The number of nitrogens with two attached hydrogens (primary N) is 1. The molecule has 0 saturated heterocycles. The van der Waals surface area contributed by atoms with E-state index >= 15 is 0 Å². The number of amides is 2. The van der Waals surface area contributed by atoms with Crippen molar-refractivity contribution in [1.29, 1.82) is 0 Å². The number of carbonyl (C=O) groups is 2. The molecule has 0 spiro atoms. The van der Waals surface area contributed by atoms with Crippen molar-refractivity contribution in [2.45, 2.75) is 11.3 Å². The lowest BCUT2D eigenvalue weighted by atomic mass is 10.2. The predicted octanol–water partition coefficient (Wildman–Crippen LogP) is 3.17. The third-order valence-electron chi connectivity index (χ3n) is 4.47. The number of ether oxygens (including phenoxy) is 1. The third-order valence-corrected chi connectivity index (χ3v) is 6.29. The van der Waals surface area contributed by atoms with Crippen molar-refractivity contribution in [3.8, 4) is 11.5 Å². The summed E-state index contributed by atoms with van der Waals surface area (Å²) in [6, 6.07) is 21.2. The number of primary amides is 1. The van der Waals surface area contributed by atoms with Gasteiger partial charge in [0.2, 0.25) is 5.91 Å². The molecule has 0 bridgehead atoms. The van der Waals surface area contributed by atoms with Crippen molar-refractivity contribution >= 4 is 21.7 Å². The molecule has 0 aliphatic carbocycles. The van der Waals surface area contributed by atoms with Crippen LogP contribution in [0.2, 0.25) is 0 Å². The Morgan fingerprint density at radius 1 is 0.806 bits per heavy atom. The number of hydrogen-bond donors (Lipinski definition) is 2. The highest BCUT2D eigenvalue weighted by Gasteiger charge is 2.13. The molecule has 8 heteroatoms. The summed E-state index contributed by atoms with van der Waals surface area (Å²) in [7, 11) is -3.36. The zero-order chi connectivity index (χ0) is 22.3. The van der Waals surface area contributed by atoms with Gasteiger partial charge in [-0.1, -0.05) is 18.2 Å². The minimum atomic E-state index is -3.36. The molecular weight excluding hydrogens is 416 g/mol. The van der Waals surface area contributed by atoms with Gasteiger partial charge in [0, 0.05) is 17.7 Å². The highest BCUT2D eigenvalue weighted by atomic mass is 32.2. The molecule has 0 radical (unpaired) electrons. The summed E-state index contributed by atoms with van der Waals surface area (Å²) in [6.45, 7) is 0.245. The molecule has 0 aliphatic rings. The Labute approximate surface area is 180 Å². The number of carbonyl (C=O) groups excluding carboxylic acids is 2. The zero-order valence-corrected chi connectivity index (χ0v) is 17.5. The molecule has 0 saturated carbocycles. The van der Waals surface area contributed by atoms with Gasteiger partial charge in [0.15, 0.2) is 9.84 Å². The van der Waals surface area contributed by atoms with Gasteiger partial charge in [-0.25, -0.2) is 8.42 Å². The van der Waals surface area contributed by atoms with Crippen LogP contribution in [0.4, 0.5) is 0 Å². The lowest BCUT2D eigenvalue weighted by Crippen LogP contribution is -2.25. The molecule has 0 aromatic heterocycles. The minimum absolute atomic E-state index is 0.0430. The summed E-state index contributed by atoms with van der Waals surface area (Å²) in [5, 5.41) is 2.72. The first-order chi connectivity index (χ1) is 14.8. The Morgan fingerprint density at radius 3 is 1.90 bits per heavy atom. The van der Waals surface area contributed by atoms with Crippen molar-refractivity contribution < 1.29 is 22.7 Å². The summed E-state index contributed by atoms with van der Waals surface area (Å²) < 4.78 is 30.1. The average Bonchev–Trinajstić information content (AvgIpc) is 2.78. The van der Waals surface area contributed by atoms with Crippen LogP contribution in [0.1, 0.15) is 27.1 Å². The molecule has 7 nitrogen and oxygen atoms in total. The molecule has 0 atom stereocenters. The Kier molecular flexibility index (Phi) is 7.04. The maximum Gasteiger partial charge on any atom is 0.251 e. The van der Waals surface area contributed by atoms with Crippen LogP contribution in [0.15, 0.2) is 83.8 Å². The maximum absolute atomic E-state index is 12.3. The standard InChI is InChI=1S/C23H22N2O5S/c24-22(26)17-7-11-19(12-8-17)30-20-13-9-18(10-14-20)23(27)25-15-4-16-31(28,29)21-5-2-1-3-6-21/h1-3,5-14H,4,15-16H2,(H2,24,26)(H,25,27). The van der Waals surface area contributed by atoms with Crippen molar-refractivity contribution in [2.24, 2.45) is 5.73 Å². The lowest BCUT2D eigenvalue weighted by Gasteiger charge is -2.08. The van der Waals surface area contributed by atoms with E-state index in [2.05, 4.69) is 5.32 Å². The van der Waals surface area contributed by atoms with Crippen LogP contribution in [0.5, 0.6) is 11.5 Å². The van der Waals surface area contributed by atoms with Crippen LogP contribution >= 0.6 is 0 Å². The first-order valence-electron chi connectivity index (χ1n) is 9.59. The molecule has 3 rings (SSSR count). The van der Waals surface area contributed by atoms with Gasteiger partial charge >= 0.3 is 0 Å². The van der Waals surface area contributed by atoms with E-state index in [9.17, 15) is 18.0 Å². The summed E-state index contributed by atoms with van der Waals surface area (Å²) in [5.41, 5.74) is 6.02. The SMILES string of the molecule is NC(=O)c1ccc(Oc2ccc(C(=O)NCCCS(=O)(=O)c3ccccc3)cc2)cc1. The van der Waals surface area contributed by atoms with Crippen LogP contribution in [-0.4, -0.2) is 32.5 Å². The second-order valence-electron chi connectivity index (χ2n) is 6.76. The molecule has 3 aromatic carbocycles. The quantitative estimate of drug-likeness (QED) is 0.498. The fourth-order valence-corrected chi connectivity index (χ4v) is 4.14. The van der Waals surface area contributed by atoms with Crippen LogP contribution < -0.4 is 15.8 Å². The molecule has 0 heterocycles. The van der Waals surface area contributed by atoms with E-state index in [0.29, 0.717) is 29.0 Å². The predicted molar refractivity (Wildman–Crippen MR) is 117 cm³/mol. The Morgan fingerprint density at radius 2 is 1.35 bits per heavy atom. The van der Waals surface area contributed by atoms with Gasteiger partial charge in [0.05, 0.1) is 10.6 Å². The number of benzene rings is 3. The van der Waals surface area contributed by atoms with Crippen LogP contribution in [0.3, 0.4) is 0 Å². The molecule has 3 N–H and O–H groups in total. The summed E-state index contributed by atoms with van der Waals surface area (Å²) in [4.78, 5) is 23.6. The average molecular weight is 439 g/mol. The molecule has 0 aliphatic heterocycles. The fraction of sp³-hybridized carbons (Fsp3) is 0.130. The van der Waals surface area contributed by atoms with Gasteiger partial charge in [-0.3, -0.25) is 9.59 Å². The number of hydrogen-bond acceptors (Lipinski definition) is 5. The van der Waals surface area contributed by atoms with E-state index in [0.717, 1.165) is 0 Å². The van der Waals surface area contributed by atoms with Crippen molar-refractivity contribution in [2.75, 3.05) is 12.3 Å². The van der Waals surface area contributed by atoms with Gasteiger partial charge in [0.1, 0.15) is 11.5 Å². The smallest absolute Gasteiger partial charge is 0.251 e. The van der Waals surface area contributed by atoms with Crippen LogP contribution in [-0.2, 0) is 9.84 Å². The van der Waals surface area contributed by atoms with E-state index in [4.69, 9.17) is 10.5 Å². The second kappa shape index (κ2) is 9.90. The van der Waals surface area contributed by atoms with Gasteiger partial charge in [-0.15, -0.1) is 0 Å². The Hall–Kier alpha value is -3.65. The van der Waals surface area contributed by atoms with Gasteiger partial charge in [-0.2, -0.15) is 0 Å². The molecule has 31 heavy (non-hydrogen) atoms. The highest BCUT2D eigenvalue weighted by molar-refractivity contribution is 7.91. The van der Waals surface area contributed by atoms with E-state index in [1.165, 1.54) is 0 Å². The zero-order valence-electron chi connectivity index (χ0n) is 16.7. The molecule has 3 aromatic rings. The first kappa shape index (κ1) is 22.0. The van der Waals surface area contributed by atoms with E-state index < -0.39 is 15.7 Å². The van der Waals surface area contributed by atoms with Crippen LogP contribution in [0, 0.1) is 0 Å². The normalized spacial score (nSPS) is 11.0. The van der Waals surface area contributed by atoms with E-state index in [1.807, 2.05) is 0 Å². The summed E-state index contributed by atoms with van der Waals surface area (Å²) in [6.07, 6.45) is 0.311. The molecule has 160 valence electrons. The molecule has 0 unspecified atom stereocenters. The van der Waals surface area contributed by atoms with Gasteiger partial charge < -0.3 is 15.8 Å². The summed E-state index contributed by atoms with van der Waals surface area (Å²) in [5.74, 6) is 0.201. The van der Waals surface area contributed by atoms with E-state index in [1.54, 1.807) is 78.9 Å². The summed E-state index contributed by atoms with van der Waals surface area (Å²) >= 11 is 0. The number of sulfone groups is 1. The first-order valence-corrected chi connectivity index (χ1v) is 11.2. The minimum Gasteiger partial charge on any atom is -0.457 e. The lowest BCUT2D eigenvalue weighted by molar-refractivity contribution is 0.0952. The van der Waals surface area contributed by atoms with Crippen molar-refractivity contribution in [3.05, 3.63) is 90.0 Å². The maximum atomic E-state index is 12.3. The Bertz CT molecular complexity index is 1140. The fourth-order valence-electron chi connectivity index (χ4n) is 2.81. The number of rotatable bonds is 9. The second-order valence-corrected chi connectivity index (χ2v) is 8.87. The van der Waals surface area contributed by atoms with Crippen LogP contribution in [0.25, 0.3) is 0 Å². The number of nitrogens with one attached hydrogen (secondary N) is 1. The highest BCUT2D eigenvalue weighted by Crippen LogP contribution is 2.22. The topological polar surface area (TPSA) is 116 Å². The van der Waals surface area contributed by atoms with Gasteiger partial charge in [-0.05, 0) is 67.1 Å².